The SMILES string of the molecule is NCc1cccc(C2CCN(C(=O)c3cccc4c3NC(B(O)O)CC4)CC2)c1. The van der Waals surface area contributed by atoms with Crippen molar-refractivity contribution in [2.75, 3.05) is 18.4 Å². The van der Waals surface area contributed by atoms with Gasteiger partial charge < -0.3 is 26.0 Å². The Bertz CT molecular complexity index is 881. The molecule has 29 heavy (non-hydrogen) atoms. The van der Waals surface area contributed by atoms with E-state index in [0.717, 1.165) is 36.1 Å². The molecule has 1 amide bonds. The van der Waals surface area contributed by atoms with Crippen LogP contribution < -0.4 is 11.1 Å². The predicted molar refractivity (Wildman–Crippen MR) is 115 cm³/mol. The zero-order chi connectivity index (χ0) is 20.4. The van der Waals surface area contributed by atoms with E-state index < -0.39 is 13.1 Å². The van der Waals surface area contributed by atoms with Crippen LogP contribution in [0.15, 0.2) is 42.5 Å². The molecule has 0 aromatic heterocycles. The fraction of sp³-hybridized carbons (Fsp3) is 0.409. The molecule has 5 N–H and O–H groups in total. The van der Waals surface area contributed by atoms with E-state index >= 15 is 0 Å². The number of carbonyl (C=O) groups is 1. The van der Waals surface area contributed by atoms with Crippen molar-refractivity contribution >= 4 is 18.7 Å². The lowest BCUT2D eigenvalue weighted by molar-refractivity contribution is 0.0713. The molecule has 2 aromatic rings. The monoisotopic (exact) mass is 393 g/mol. The summed E-state index contributed by atoms with van der Waals surface area (Å²) in [5.41, 5.74) is 10.6. The molecule has 6 nitrogen and oxygen atoms in total. The number of para-hydroxylation sites is 1. The third-order valence-corrected chi connectivity index (χ3v) is 6.24. The number of fused-ring (bicyclic) bond motifs is 1. The first-order valence-corrected chi connectivity index (χ1v) is 10.4. The summed E-state index contributed by atoms with van der Waals surface area (Å²) in [6.07, 6.45) is 3.22. The first-order chi connectivity index (χ1) is 14.1. The van der Waals surface area contributed by atoms with Gasteiger partial charge in [-0.05, 0) is 54.4 Å². The smallest absolute Gasteiger partial charge is 0.426 e. The lowest BCUT2D eigenvalue weighted by Crippen LogP contribution is -2.42. The number of piperidine rings is 1. The van der Waals surface area contributed by atoms with Crippen molar-refractivity contribution in [3.63, 3.8) is 0 Å². The van der Waals surface area contributed by atoms with Crippen LogP contribution in [0.4, 0.5) is 5.69 Å². The number of carbonyl (C=O) groups excluding carboxylic acids is 1. The number of rotatable bonds is 4. The van der Waals surface area contributed by atoms with E-state index in [1.165, 1.54) is 5.56 Å². The van der Waals surface area contributed by atoms with Crippen molar-refractivity contribution in [1.82, 2.24) is 4.90 Å². The van der Waals surface area contributed by atoms with E-state index in [9.17, 15) is 14.8 Å². The molecule has 4 rings (SSSR count). The zero-order valence-corrected chi connectivity index (χ0v) is 16.6. The van der Waals surface area contributed by atoms with Gasteiger partial charge in [-0.3, -0.25) is 4.79 Å². The van der Waals surface area contributed by atoms with Gasteiger partial charge in [-0.15, -0.1) is 0 Å². The van der Waals surface area contributed by atoms with E-state index in [1.807, 2.05) is 29.2 Å². The summed E-state index contributed by atoms with van der Waals surface area (Å²) in [7, 11) is -1.44. The Balaban J connectivity index is 1.47. The van der Waals surface area contributed by atoms with Crippen LogP contribution in [-0.4, -0.2) is 47.0 Å². The second-order valence-electron chi connectivity index (χ2n) is 8.06. The minimum absolute atomic E-state index is 0.0107. The van der Waals surface area contributed by atoms with Crippen molar-refractivity contribution < 1.29 is 14.8 Å². The van der Waals surface area contributed by atoms with Crippen LogP contribution in [0.3, 0.4) is 0 Å². The summed E-state index contributed by atoms with van der Waals surface area (Å²) in [6, 6.07) is 14.2. The number of anilines is 1. The van der Waals surface area contributed by atoms with Crippen molar-refractivity contribution in [2.24, 2.45) is 5.73 Å². The first-order valence-electron chi connectivity index (χ1n) is 10.4. The highest BCUT2D eigenvalue weighted by Gasteiger charge is 2.32. The highest BCUT2D eigenvalue weighted by Crippen LogP contribution is 2.33. The molecule has 0 bridgehead atoms. The topological polar surface area (TPSA) is 98.8 Å². The fourth-order valence-electron chi connectivity index (χ4n) is 4.51. The molecule has 1 atom stereocenters. The molecular weight excluding hydrogens is 365 g/mol. The Labute approximate surface area is 171 Å². The Hall–Kier alpha value is -2.35. The molecule has 0 saturated carbocycles. The molecule has 1 saturated heterocycles. The Kier molecular flexibility index (Phi) is 5.90. The molecule has 0 radical (unpaired) electrons. The highest BCUT2D eigenvalue weighted by molar-refractivity contribution is 6.44. The summed E-state index contributed by atoms with van der Waals surface area (Å²) in [6.45, 7) is 1.97. The standard InChI is InChI=1S/C22H28BN3O3/c24-14-15-3-1-5-18(13-15)16-9-11-26(12-10-16)22(27)19-6-2-4-17-7-8-20(23(28)29)25-21(17)19/h1-6,13,16,20,25,28-29H,7-12,14,24H2. The second kappa shape index (κ2) is 8.57. The van der Waals surface area contributed by atoms with Gasteiger partial charge in [0, 0.05) is 25.3 Å². The van der Waals surface area contributed by atoms with Crippen LogP contribution in [0.5, 0.6) is 0 Å². The number of benzene rings is 2. The van der Waals surface area contributed by atoms with Crippen LogP contribution in [0, 0.1) is 0 Å². The van der Waals surface area contributed by atoms with Gasteiger partial charge in [0.2, 0.25) is 0 Å². The molecule has 2 aliphatic rings. The number of aryl methyl sites for hydroxylation is 1. The van der Waals surface area contributed by atoms with Gasteiger partial charge in [0.1, 0.15) is 0 Å². The maximum Gasteiger partial charge on any atom is 0.475 e. The summed E-state index contributed by atoms with van der Waals surface area (Å²) >= 11 is 0. The molecular formula is C22H28BN3O3. The Morgan fingerprint density at radius 3 is 2.62 bits per heavy atom. The molecule has 0 spiro atoms. The third kappa shape index (κ3) is 4.17. The lowest BCUT2D eigenvalue weighted by Gasteiger charge is -2.34. The van der Waals surface area contributed by atoms with E-state index in [-0.39, 0.29) is 5.91 Å². The lowest BCUT2D eigenvalue weighted by atomic mass is 9.74. The van der Waals surface area contributed by atoms with Gasteiger partial charge >= 0.3 is 7.12 Å². The Morgan fingerprint density at radius 1 is 1.14 bits per heavy atom. The number of likely N-dealkylation sites (tertiary alicyclic amines) is 1. The van der Waals surface area contributed by atoms with Crippen molar-refractivity contribution in [3.05, 3.63) is 64.7 Å². The van der Waals surface area contributed by atoms with Crippen LogP contribution in [0.2, 0.25) is 0 Å². The first kappa shape index (κ1) is 19.9. The molecule has 1 fully saturated rings. The number of nitrogens with zero attached hydrogens (tertiary/aromatic N) is 1. The highest BCUT2D eigenvalue weighted by atomic mass is 16.4. The van der Waals surface area contributed by atoms with Gasteiger partial charge in [0.25, 0.3) is 5.91 Å². The Morgan fingerprint density at radius 2 is 1.90 bits per heavy atom. The van der Waals surface area contributed by atoms with Crippen LogP contribution in [-0.2, 0) is 13.0 Å². The number of hydrogen-bond donors (Lipinski definition) is 4. The maximum absolute atomic E-state index is 13.2. The number of nitrogens with one attached hydrogen (secondary N) is 1. The van der Waals surface area contributed by atoms with Gasteiger partial charge in [0.15, 0.2) is 0 Å². The maximum atomic E-state index is 13.2. The van der Waals surface area contributed by atoms with Gasteiger partial charge in [-0.25, -0.2) is 0 Å². The third-order valence-electron chi connectivity index (χ3n) is 6.24. The van der Waals surface area contributed by atoms with Gasteiger partial charge in [-0.1, -0.05) is 36.4 Å². The van der Waals surface area contributed by atoms with E-state index in [4.69, 9.17) is 5.73 Å². The number of amides is 1. The normalized spacial score (nSPS) is 19.4. The number of hydrogen-bond acceptors (Lipinski definition) is 5. The summed E-state index contributed by atoms with van der Waals surface area (Å²) in [4.78, 5) is 15.2. The minimum Gasteiger partial charge on any atom is -0.426 e. The summed E-state index contributed by atoms with van der Waals surface area (Å²) in [5.74, 6) is 0.0101. The molecule has 7 heteroatoms. The molecule has 152 valence electrons. The summed E-state index contributed by atoms with van der Waals surface area (Å²) < 4.78 is 0. The van der Waals surface area contributed by atoms with Crippen LogP contribution >= 0.6 is 0 Å². The van der Waals surface area contributed by atoms with Gasteiger partial charge in [0.05, 0.1) is 11.5 Å². The van der Waals surface area contributed by atoms with E-state index in [0.29, 0.717) is 37.5 Å². The average Bonchev–Trinajstić information content (AvgIpc) is 2.78. The molecule has 2 aromatic carbocycles. The van der Waals surface area contributed by atoms with E-state index in [1.54, 1.807) is 0 Å². The molecule has 2 aliphatic heterocycles. The predicted octanol–water partition coefficient (Wildman–Crippen LogP) is 1.90. The largest absolute Gasteiger partial charge is 0.475 e. The average molecular weight is 393 g/mol. The zero-order valence-electron chi connectivity index (χ0n) is 16.6. The summed E-state index contributed by atoms with van der Waals surface area (Å²) in [5, 5.41) is 22.3. The fourth-order valence-corrected chi connectivity index (χ4v) is 4.51. The number of nitrogens with two attached hydrogens (primary N) is 1. The van der Waals surface area contributed by atoms with Crippen molar-refractivity contribution in [3.8, 4) is 0 Å². The molecule has 2 heterocycles. The van der Waals surface area contributed by atoms with Crippen molar-refractivity contribution in [1.29, 1.82) is 0 Å². The van der Waals surface area contributed by atoms with Crippen molar-refractivity contribution in [2.45, 2.75) is 44.1 Å². The quantitative estimate of drug-likeness (QED) is 0.595. The van der Waals surface area contributed by atoms with E-state index in [2.05, 4.69) is 23.5 Å². The minimum atomic E-state index is -1.44. The molecule has 1 unspecified atom stereocenters. The second-order valence-corrected chi connectivity index (χ2v) is 8.06. The van der Waals surface area contributed by atoms with Crippen LogP contribution in [0.1, 0.15) is 52.2 Å². The molecule has 0 aliphatic carbocycles. The van der Waals surface area contributed by atoms with Crippen LogP contribution in [0.25, 0.3) is 0 Å². The van der Waals surface area contributed by atoms with Gasteiger partial charge in [-0.2, -0.15) is 0 Å².